The maximum Gasteiger partial charge on any atom is 0.321 e. The fraction of sp³-hybridized carbons (Fsp3) is 0.500. The van der Waals surface area contributed by atoms with Crippen LogP contribution in [0.25, 0.3) is 0 Å². The molecule has 0 aromatic heterocycles. The first-order valence-corrected chi connectivity index (χ1v) is 6.59. The van der Waals surface area contributed by atoms with Crippen LogP contribution >= 0.6 is 0 Å². The lowest BCUT2D eigenvalue weighted by Crippen LogP contribution is -2.40. The van der Waals surface area contributed by atoms with Crippen molar-refractivity contribution in [2.45, 2.75) is 18.9 Å². The Kier molecular flexibility index (Phi) is 4.63. The van der Waals surface area contributed by atoms with E-state index in [0.717, 1.165) is 19.5 Å². The lowest BCUT2D eigenvalue weighted by molar-refractivity contribution is 0.218. The van der Waals surface area contributed by atoms with E-state index in [1.165, 1.54) is 6.42 Å². The molecule has 104 valence electrons. The number of nitrogens with zero attached hydrogens (tertiary/aromatic N) is 1. The van der Waals surface area contributed by atoms with E-state index in [-0.39, 0.29) is 6.03 Å². The summed E-state index contributed by atoms with van der Waals surface area (Å²) in [5.41, 5.74) is 0.696. The molecule has 1 fully saturated rings. The molecule has 1 saturated heterocycles. The third kappa shape index (κ3) is 3.61. The second kappa shape index (κ2) is 6.43. The molecule has 2 amide bonds. The van der Waals surface area contributed by atoms with Gasteiger partial charge in [0.25, 0.3) is 0 Å². The van der Waals surface area contributed by atoms with Gasteiger partial charge in [-0.3, -0.25) is 0 Å². The molecule has 5 heteroatoms. The van der Waals surface area contributed by atoms with Gasteiger partial charge in [-0.1, -0.05) is 12.1 Å². The van der Waals surface area contributed by atoms with Gasteiger partial charge in [0.15, 0.2) is 0 Å². The Balaban J connectivity index is 1.92. The van der Waals surface area contributed by atoms with Crippen LogP contribution in [0.3, 0.4) is 0 Å². The Hall–Kier alpha value is -1.75. The largest absolute Gasteiger partial charge is 0.495 e. The first-order valence-electron chi connectivity index (χ1n) is 6.59. The Morgan fingerprint density at radius 1 is 1.53 bits per heavy atom. The molecule has 5 nitrogen and oxygen atoms in total. The SMILES string of the molecule is COc1ccccc1NC(=O)N(C)CC1CCCN1. The molecule has 1 unspecified atom stereocenters. The van der Waals surface area contributed by atoms with Gasteiger partial charge in [-0.05, 0) is 31.5 Å². The lowest BCUT2D eigenvalue weighted by atomic mass is 10.2. The number of nitrogens with one attached hydrogen (secondary N) is 2. The molecule has 0 radical (unpaired) electrons. The van der Waals surface area contributed by atoms with Gasteiger partial charge in [-0.2, -0.15) is 0 Å². The zero-order valence-corrected chi connectivity index (χ0v) is 11.5. The molecular weight excluding hydrogens is 242 g/mol. The molecule has 0 saturated carbocycles. The van der Waals surface area contributed by atoms with Crippen LogP contribution in [-0.4, -0.2) is 44.2 Å². The zero-order valence-electron chi connectivity index (χ0n) is 11.5. The van der Waals surface area contributed by atoms with E-state index in [1.807, 2.05) is 31.3 Å². The van der Waals surface area contributed by atoms with Crippen LogP contribution in [0.1, 0.15) is 12.8 Å². The highest BCUT2D eigenvalue weighted by atomic mass is 16.5. The van der Waals surface area contributed by atoms with Gasteiger partial charge in [0.05, 0.1) is 12.8 Å². The second-order valence-corrected chi connectivity index (χ2v) is 4.80. The fourth-order valence-electron chi connectivity index (χ4n) is 2.28. The van der Waals surface area contributed by atoms with Crippen molar-refractivity contribution in [2.75, 3.05) is 32.6 Å². The predicted octanol–water partition coefficient (Wildman–Crippen LogP) is 1.91. The van der Waals surface area contributed by atoms with Gasteiger partial charge in [-0.25, -0.2) is 4.79 Å². The maximum absolute atomic E-state index is 12.1. The van der Waals surface area contributed by atoms with E-state index >= 15 is 0 Å². The third-order valence-electron chi connectivity index (χ3n) is 3.35. The number of urea groups is 1. The highest BCUT2D eigenvalue weighted by Crippen LogP contribution is 2.23. The zero-order chi connectivity index (χ0) is 13.7. The molecule has 19 heavy (non-hydrogen) atoms. The smallest absolute Gasteiger partial charge is 0.321 e. The summed E-state index contributed by atoms with van der Waals surface area (Å²) in [4.78, 5) is 13.8. The molecular formula is C14H21N3O2. The number of ether oxygens (including phenoxy) is 1. The van der Waals surface area contributed by atoms with Crippen LogP contribution in [0.2, 0.25) is 0 Å². The van der Waals surface area contributed by atoms with Crippen LogP contribution in [-0.2, 0) is 0 Å². The standard InChI is InChI=1S/C14H21N3O2/c1-17(10-11-6-5-9-15-11)14(18)16-12-7-3-4-8-13(12)19-2/h3-4,7-8,11,15H,5-6,9-10H2,1-2H3,(H,16,18). The molecule has 1 aliphatic rings. The van der Waals surface area contributed by atoms with Crippen LogP contribution < -0.4 is 15.4 Å². The quantitative estimate of drug-likeness (QED) is 0.872. The molecule has 1 aromatic carbocycles. The average molecular weight is 263 g/mol. The summed E-state index contributed by atoms with van der Waals surface area (Å²) in [6.45, 7) is 1.77. The number of carbonyl (C=O) groups excluding carboxylic acids is 1. The van der Waals surface area contributed by atoms with Gasteiger partial charge in [0.2, 0.25) is 0 Å². The number of likely N-dealkylation sites (N-methyl/N-ethyl adjacent to an activating group) is 1. The van der Waals surface area contributed by atoms with Crippen molar-refractivity contribution in [1.82, 2.24) is 10.2 Å². The maximum atomic E-state index is 12.1. The van der Waals surface area contributed by atoms with Crippen molar-refractivity contribution in [3.8, 4) is 5.75 Å². The Labute approximate surface area is 113 Å². The number of rotatable bonds is 4. The van der Waals surface area contributed by atoms with Crippen LogP contribution in [0.4, 0.5) is 10.5 Å². The van der Waals surface area contributed by atoms with Crippen molar-refractivity contribution in [3.05, 3.63) is 24.3 Å². The molecule has 0 bridgehead atoms. The first kappa shape index (κ1) is 13.7. The minimum atomic E-state index is -0.113. The topological polar surface area (TPSA) is 53.6 Å². The molecule has 1 atom stereocenters. The summed E-state index contributed by atoms with van der Waals surface area (Å²) >= 11 is 0. The predicted molar refractivity (Wildman–Crippen MR) is 75.7 cm³/mol. The van der Waals surface area contributed by atoms with Crippen molar-refractivity contribution >= 4 is 11.7 Å². The molecule has 1 heterocycles. The van der Waals surface area contributed by atoms with Crippen molar-refractivity contribution in [1.29, 1.82) is 0 Å². The average Bonchev–Trinajstić information content (AvgIpc) is 2.92. The fourth-order valence-corrected chi connectivity index (χ4v) is 2.28. The summed E-state index contributed by atoms with van der Waals surface area (Å²) in [5, 5.41) is 6.25. The number of carbonyl (C=O) groups is 1. The van der Waals surface area contributed by atoms with Crippen molar-refractivity contribution in [2.24, 2.45) is 0 Å². The van der Waals surface area contributed by atoms with Crippen molar-refractivity contribution < 1.29 is 9.53 Å². The van der Waals surface area contributed by atoms with E-state index < -0.39 is 0 Å². The van der Waals surface area contributed by atoms with Gasteiger partial charge < -0.3 is 20.3 Å². The van der Waals surface area contributed by atoms with Crippen LogP contribution in [0, 0.1) is 0 Å². The van der Waals surface area contributed by atoms with Gasteiger partial charge in [-0.15, -0.1) is 0 Å². The number of hydrogen-bond donors (Lipinski definition) is 2. The first-order chi connectivity index (χ1) is 9.20. The molecule has 1 aliphatic heterocycles. The third-order valence-corrected chi connectivity index (χ3v) is 3.35. The molecule has 1 aromatic rings. The highest BCUT2D eigenvalue weighted by Gasteiger charge is 2.19. The molecule has 0 aliphatic carbocycles. The minimum Gasteiger partial charge on any atom is -0.495 e. The normalized spacial score (nSPS) is 18.1. The monoisotopic (exact) mass is 263 g/mol. The molecule has 2 rings (SSSR count). The lowest BCUT2D eigenvalue weighted by Gasteiger charge is -2.22. The highest BCUT2D eigenvalue weighted by molar-refractivity contribution is 5.90. The van der Waals surface area contributed by atoms with Gasteiger partial charge in [0, 0.05) is 19.6 Å². The van der Waals surface area contributed by atoms with Crippen molar-refractivity contribution in [3.63, 3.8) is 0 Å². The summed E-state index contributed by atoms with van der Waals surface area (Å²) in [6, 6.07) is 7.70. The Bertz CT molecular complexity index is 430. The second-order valence-electron chi connectivity index (χ2n) is 4.80. The number of benzene rings is 1. The van der Waals surface area contributed by atoms with Crippen LogP contribution in [0.15, 0.2) is 24.3 Å². The Morgan fingerprint density at radius 3 is 3.00 bits per heavy atom. The van der Waals surface area contributed by atoms with Gasteiger partial charge >= 0.3 is 6.03 Å². The van der Waals surface area contributed by atoms with E-state index in [9.17, 15) is 4.79 Å². The number of amides is 2. The molecule has 0 spiro atoms. The summed E-state index contributed by atoms with van der Waals surface area (Å²) in [5.74, 6) is 0.670. The number of methoxy groups -OCH3 is 1. The number of hydrogen-bond acceptors (Lipinski definition) is 3. The number of anilines is 1. The Morgan fingerprint density at radius 2 is 2.32 bits per heavy atom. The number of para-hydroxylation sites is 2. The van der Waals surface area contributed by atoms with E-state index in [4.69, 9.17) is 4.74 Å². The summed E-state index contributed by atoms with van der Waals surface area (Å²) in [7, 11) is 3.40. The van der Waals surface area contributed by atoms with E-state index in [0.29, 0.717) is 17.5 Å². The van der Waals surface area contributed by atoms with Crippen LogP contribution in [0.5, 0.6) is 5.75 Å². The van der Waals surface area contributed by atoms with Gasteiger partial charge in [0.1, 0.15) is 5.75 Å². The van der Waals surface area contributed by atoms with E-state index in [1.54, 1.807) is 12.0 Å². The summed E-state index contributed by atoms with van der Waals surface area (Å²) in [6.07, 6.45) is 2.32. The summed E-state index contributed by atoms with van der Waals surface area (Å²) < 4.78 is 5.21. The van der Waals surface area contributed by atoms with E-state index in [2.05, 4.69) is 10.6 Å². The molecule has 2 N–H and O–H groups in total. The minimum absolute atomic E-state index is 0.113.